The molecule has 4 aromatic carbocycles. The number of aromatic nitrogens is 2. The van der Waals surface area contributed by atoms with Crippen molar-refractivity contribution >= 4 is 12.0 Å². The van der Waals surface area contributed by atoms with Crippen molar-refractivity contribution in [2.75, 3.05) is 0 Å². The largest absolute Gasteiger partial charge is 0.343 e. The molecule has 2 heterocycles. The van der Waals surface area contributed by atoms with Crippen molar-refractivity contribution in [3.63, 3.8) is 0 Å². The first kappa shape index (κ1) is 22.7. The maximum Gasteiger partial charge on any atom is 0.252 e. The van der Waals surface area contributed by atoms with Crippen molar-refractivity contribution in [2.24, 2.45) is 0 Å². The van der Waals surface area contributed by atoms with E-state index in [1.54, 1.807) is 0 Å². The quantitative estimate of drug-likeness (QED) is 0.286. The molecule has 0 spiro atoms. The van der Waals surface area contributed by atoms with Gasteiger partial charge in [0.25, 0.3) is 5.91 Å². The first-order valence-corrected chi connectivity index (χ1v) is 12.5. The Bertz CT molecular complexity index is 1460. The molecule has 1 N–H and O–H groups in total. The lowest BCUT2D eigenvalue weighted by Gasteiger charge is -2.36. The lowest BCUT2D eigenvalue weighted by molar-refractivity contribution is 0.0923. The van der Waals surface area contributed by atoms with E-state index in [1.807, 2.05) is 59.4 Å². The van der Waals surface area contributed by atoms with Gasteiger partial charge in [-0.15, -0.1) is 0 Å². The van der Waals surface area contributed by atoms with Crippen LogP contribution in [0.25, 0.3) is 6.08 Å². The number of hydrogen-bond donors (Lipinski definition) is 1. The van der Waals surface area contributed by atoms with Crippen LogP contribution in [0.1, 0.15) is 49.9 Å². The predicted octanol–water partition coefficient (Wildman–Crippen LogP) is 6.39. The first-order chi connectivity index (χ1) is 18.2. The lowest BCUT2D eigenvalue weighted by Crippen LogP contribution is -2.39. The SMILES string of the molecule is C=Cc1cccc2c1CC(c1ccn(C(c3ccccc3)(c3ccccc3)c3ccccc3)n1)NC2=O. The predicted molar refractivity (Wildman–Crippen MR) is 147 cm³/mol. The fourth-order valence-corrected chi connectivity index (χ4v) is 5.55. The van der Waals surface area contributed by atoms with Crippen LogP contribution < -0.4 is 5.32 Å². The molecule has 6 rings (SSSR count). The summed E-state index contributed by atoms with van der Waals surface area (Å²) in [5, 5.41) is 8.35. The summed E-state index contributed by atoms with van der Waals surface area (Å²) in [6, 6.07) is 39.0. The third kappa shape index (κ3) is 3.78. The van der Waals surface area contributed by atoms with Gasteiger partial charge in [-0.2, -0.15) is 5.10 Å². The Kier molecular flexibility index (Phi) is 5.78. The summed E-state index contributed by atoms with van der Waals surface area (Å²) in [7, 11) is 0. The minimum Gasteiger partial charge on any atom is -0.343 e. The molecule has 37 heavy (non-hydrogen) atoms. The van der Waals surface area contributed by atoms with E-state index in [9.17, 15) is 4.79 Å². The molecule has 4 nitrogen and oxygen atoms in total. The van der Waals surface area contributed by atoms with Crippen molar-refractivity contribution in [1.82, 2.24) is 15.1 Å². The minimum atomic E-state index is -0.690. The summed E-state index contributed by atoms with van der Waals surface area (Å²) < 4.78 is 2.05. The average Bonchev–Trinajstić information content (AvgIpc) is 3.46. The van der Waals surface area contributed by atoms with E-state index in [-0.39, 0.29) is 11.9 Å². The van der Waals surface area contributed by atoms with Crippen molar-refractivity contribution in [3.8, 4) is 0 Å². The Labute approximate surface area is 216 Å². The highest BCUT2D eigenvalue weighted by molar-refractivity contribution is 5.98. The van der Waals surface area contributed by atoms with E-state index in [1.165, 1.54) is 0 Å². The highest BCUT2D eigenvalue weighted by Gasteiger charge is 2.40. The summed E-state index contributed by atoms with van der Waals surface area (Å²) in [4.78, 5) is 13.0. The number of carbonyl (C=O) groups excluding carboxylic acids is 1. The van der Waals surface area contributed by atoms with Crippen LogP contribution in [0.5, 0.6) is 0 Å². The molecule has 1 aromatic heterocycles. The van der Waals surface area contributed by atoms with E-state index >= 15 is 0 Å². The Hall–Kier alpha value is -4.70. The normalized spacial score (nSPS) is 15.0. The molecule has 0 saturated heterocycles. The van der Waals surface area contributed by atoms with Crippen LogP contribution in [0, 0.1) is 0 Å². The van der Waals surface area contributed by atoms with Crippen molar-refractivity contribution in [1.29, 1.82) is 0 Å². The molecule has 0 saturated carbocycles. The molecule has 1 aliphatic heterocycles. The Balaban J connectivity index is 1.53. The van der Waals surface area contributed by atoms with Crippen molar-refractivity contribution in [3.05, 3.63) is 167 Å². The molecule has 0 aliphatic carbocycles. The molecule has 1 amide bonds. The van der Waals surface area contributed by atoms with Gasteiger partial charge in [-0.3, -0.25) is 9.48 Å². The van der Waals surface area contributed by atoms with Crippen molar-refractivity contribution < 1.29 is 4.79 Å². The summed E-state index contributed by atoms with van der Waals surface area (Å²) >= 11 is 0. The molecule has 0 bridgehead atoms. The number of hydrogen-bond acceptors (Lipinski definition) is 2. The average molecular weight is 482 g/mol. The summed E-state index contributed by atoms with van der Waals surface area (Å²) in [5.74, 6) is -0.0788. The van der Waals surface area contributed by atoms with E-state index in [0.29, 0.717) is 12.0 Å². The van der Waals surface area contributed by atoms with Gasteiger partial charge in [-0.25, -0.2) is 0 Å². The molecule has 1 aliphatic rings. The number of carbonyl (C=O) groups is 1. The first-order valence-electron chi connectivity index (χ1n) is 12.5. The number of fused-ring (bicyclic) bond motifs is 1. The Morgan fingerprint density at radius 3 is 1.89 bits per heavy atom. The van der Waals surface area contributed by atoms with Gasteiger partial charge in [0, 0.05) is 11.8 Å². The maximum atomic E-state index is 13.0. The minimum absolute atomic E-state index is 0.0788. The summed E-state index contributed by atoms with van der Waals surface area (Å²) in [5.41, 5.74) is 6.16. The van der Waals surface area contributed by atoms with Gasteiger partial charge >= 0.3 is 0 Å². The van der Waals surface area contributed by atoms with Gasteiger partial charge in [0.2, 0.25) is 0 Å². The van der Waals surface area contributed by atoms with E-state index in [0.717, 1.165) is 33.5 Å². The van der Waals surface area contributed by atoms with Crippen molar-refractivity contribution in [2.45, 2.75) is 18.0 Å². The number of nitrogens with one attached hydrogen (secondary N) is 1. The zero-order chi connectivity index (χ0) is 25.2. The molecule has 1 unspecified atom stereocenters. The molecule has 0 fully saturated rings. The molecule has 4 heteroatoms. The lowest BCUT2D eigenvalue weighted by atomic mass is 9.77. The van der Waals surface area contributed by atoms with Gasteiger partial charge < -0.3 is 5.32 Å². The third-order valence-electron chi connectivity index (χ3n) is 7.28. The number of amides is 1. The molecule has 1 atom stereocenters. The molecule has 180 valence electrons. The second-order valence-corrected chi connectivity index (χ2v) is 9.30. The van der Waals surface area contributed by atoms with Crippen LogP contribution in [0.15, 0.2) is 128 Å². The Morgan fingerprint density at radius 2 is 1.35 bits per heavy atom. The second-order valence-electron chi connectivity index (χ2n) is 9.30. The number of rotatable bonds is 6. The highest BCUT2D eigenvalue weighted by Crippen LogP contribution is 2.41. The van der Waals surface area contributed by atoms with Gasteiger partial charge in [0.15, 0.2) is 0 Å². The van der Waals surface area contributed by atoms with Crippen LogP contribution in [-0.4, -0.2) is 15.7 Å². The summed E-state index contributed by atoms with van der Waals surface area (Å²) in [6.45, 7) is 3.95. The summed E-state index contributed by atoms with van der Waals surface area (Å²) in [6.07, 6.45) is 4.51. The monoisotopic (exact) mass is 481 g/mol. The number of benzene rings is 4. The highest BCUT2D eigenvalue weighted by atomic mass is 16.1. The third-order valence-corrected chi connectivity index (χ3v) is 7.28. The van der Waals surface area contributed by atoms with Crippen LogP contribution in [-0.2, 0) is 12.0 Å². The fraction of sp³-hybridized carbons (Fsp3) is 0.0909. The molecular formula is C33H27N3O. The van der Waals surface area contributed by atoms with Gasteiger partial charge in [-0.05, 0) is 46.4 Å². The molecule has 5 aromatic rings. The zero-order valence-electron chi connectivity index (χ0n) is 20.4. The van der Waals surface area contributed by atoms with Crippen LogP contribution in [0.2, 0.25) is 0 Å². The maximum absolute atomic E-state index is 13.0. The fourth-order valence-electron chi connectivity index (χ4n) is 5.55. The van der Waals surface area contributed by atoms with Crippen LogP contribution in [0.3, 0.4) is 0 Å². The van der Waals surface area contributed by atoms with E-state index < -0.39 is 5.54 Å². The second kappa shape index (κ2) is 9.40. The zero-order valence-corrected chi connectivity index (χ0v) is 20.4. The topological polar surface area (TPSA) is 46.9 Å². The van der Waals surface area contributed by atoms with Gasteiger partial charge in [-0.1, -0.05) is 116 Å². The number of nitrogens with zero attached hydrogens (tertiary/aromatic N) is 2. The standard InChI is InChI=1S/C33H27N3O/c1-2-24-13-12-20-28-29(24)23-31(34-32(28)37)30-21-22-36(35-30)33(25-14-6-3-7-15-25,26-16-8-4-9-17-26)27-18-10-5-11-19-27/h2-22,31H,1,23H2,(H,34,37). The Morgan fingerprint density at radius 1 is 0.784 bits per heavy atom. The van der Waals surface area contributed by atoms with E-state index in [2.05, 4.69) is 84.7 Å². The smallest absolute Gasteiger partial charge is 0.252 e. The van der Waals surface area contributed by atoms with E-state index in [4.69, 9.17) is 5.10 Å². The van der Waals surface area contributed by atoms with Gasteiger partial charge in [0.05, 0.1) is 11.7 Å². The van der Waals surface area contributed by atoms with Crippen LogP contribution >= 0.6 is 0 Å². The molecular weight excluding hydrogens is 454 g/mol. The van der Waals surface area contributed by atoms with Crippen LogP contribution in [0.4, 0.5) is 0 Å². The molecule has 0 radical (unpaired) electrons. The van der Waals surface area contributed by atoms with Gasteiger partial charge in [0.1, 0.15) is 5.54 Å².